The van der Waals surface area contributed by atoms with Crippen LogP contribution in [0.5, 0.6) is 0 Å². The zero-order valence-corrected chi connectivity index (χ0v) is 11.7. The van der Waals surface area contributed by atoms with Crippen LogP contribution in [-0.4, -0.2) is 6.54 Å². The van der Waals surface area contributed by atoms with E-state index in [4.69, 9.17) is 27.6 Å². The molecule has 1 aromatic carbocycles. The van der Waals surface area contributed by atoms with Gasteiger partial charge in [0.25, 0.3) is 0 Å². The minimum Gasteiger partial charge on any atom is -0.467 e. The molecule has 18 heavy (non-hydrogen) atoms. The van der Waals surface area contributed by atoms with Crippen molar-refractivity contribution in [1.29, 1.82) is 0 Å². The van der Waals surface area contributed by atoms with E-state index in [0.717, 1.165) is 36.4 Å². The second-order valence-corrected chi connectivity index (χ2v) is 4.88. The van der Waals surface area contributed by atoms with E-state index in [9.17, 15) is 0 Å². The summed E-state index contributed by atoms with van der Waals surface area (Å²) in [7, 11) is 0. The summed E-state index contributed by atoms with van der Waals surface area (Å²) >= 11 is 11.9. The Labute approximate surface area is 117 Å². The van der Waals surface area contributed by atoms with Crippen LogP contribution in [-0.2, 0) is 6.54 Å². The van der Waals surface area contributed by atoms with Crippen molar-refractivity contribution in [3.05, 3.63) is 46.3 Å². The minimum atomic E-state index is 0.558. The van der Waals surface area contributed by atoms with Gasteiger partial charge in [0.2, 0.25) is 0 Å². The van der Waals surface area contributed by atoms with Crippen molar-refractivity contribution >= 4 is 23.2 Å². The van der Waals surface area contributed by atoms with Gasteiger partial charge in [-0.2, -0.15) is 0 Å². The average molecular weight is 284 g/mol. The molecule has 2 rings (SSSR count). The fourth-order valence-corrected chi connectivity index (χ4v) is 2.08. The highest BCUT2D eigenvalue weighted by molar-refractivity contribution is 6.42. The second-order valence-electron chi connectivity index (χ2n) is 4.06. The summed E-state index contributed by atoms with van der Waals surface area (Å²) in [5, 5.41) is 4.44. The van der Waals surface area contributed by atoms with Gasteiger partial charge in [0.1, 0.15) is 5.76 Å². The Hall–Kier alpha value is -0.960. The first kappa shape index (κ1) is 13.5. The molecule has 2 nitrogen and oxygen atoms in total. The average Bonchev–Trinajstić information content (AvgIpc) is 2.81. The molecule has 0 spiro atoms. The Morgan fingerprint density at radius 3 is 2.72 bits per heavy atom. The van der Waals surface area contributed by atoms with Gasteiger partial charge in [-0.3, -0.25) is 0 Å². The summed E-state index contributed by atoms with van der Waals surface area (Å²) in [4.78, 5) is 0. The first-order chi connectivity index (χ1) is 8.72. The fourth-order valence-electron chi connectivity index (χ4n) is 1.78. The predicted molar refractivity (Wildman–Crippen MR) is 76.2 cm³/mol. The Kier molecular flexibility index (Phi) is 4.70. The molecule has 0 fully saturated rings. The molecule has 0 bridgehead atoms. The van der Waals surface area contributed by atoms with Crippen LogP contribution < -0.4 is 5.32 Å². The predicted octanol–water partition coefficient (Wildman–Crippen LogP) is 4.75. The number of furan rings is 1. The number of benzene rings is 1. The zero-order chi connectivity index (χ0) is 13.0. The van der Waals surface area contributed by atoms with Crippen LogP contribution in [0.2, 0.25) is 10.0 Å². The van der Waals surface area contributed by atoms with Gasteiger partial charge in [0, 0.05) is 5.56 Å². The van der Waals surface area contributed by atoms with E-state index >= 15 is 0 Å². The van der Waals surface area contributed by atoms with Crippen LogP contribution in [0.25, 0.3) is 11.1 Å². The summed E-state index contributed by atoms with van der Waals surface area (Å²) in [6.07, 6.45) is 2.80. The number of hydrogen-bond donors (Lipinski definition) is 1. The molecule has 1 heterocycles. The molecule has 0 aliphatic heterocycles. The molecule has 0 atom stereocenters. The highest BCUT2D eigenvalue weighted by atomic mass is 35.5. The first-order valence-corrected chi connectivity index (χ1v) is 6.70. The fraction of sp³-hybridized carbons (Fsp3) is 0.286. The van der Waals surface area contributed by atoms with E-state index in [1.54, 1.807) is 12.3 Å². The summed E-state index contributed by atoms with van der Waals surface area (Å²) < 4.78 is 5.50. The summed E-state index contributed by atoms with van der Waals surface area (Å²) in [5.41, 5.74) is 2.07. The molecule has 0 aliphatic carbocycles. The van der Waals surface area contributed by atoms with Gasteiger partial charge in [-0.15, -0.1) is 0 Å². The van der Waals surface area contributed by atoms with Crippen LogP contribution in [0, 0.1) is 0 Å². The molecule has 96 valence electrons. The third-order valence-corrected chi connectivity index (χ3v) is 3.43. The van der Waals surface area contributed by atoms with E-state index in [1.807, 2.05) is 18.2 Å². The van der Waals surface area contributed by atoms with Gasteiger partial charge in [-0.1, -0.05) is 36.2 Å². The van der Waals surface area contributed by atoms with Crippen molar-refractivity contribution in [3.8, 4) is 11.1 Å². The maximum Gasteiger partial charge on any atom is 0.125 e. The molecule has 1 N–H and O–H groups in total. The molecular formula is C14H15Cl2NO. The van der Waals surface area contributed by atoms with Crippen molar-refractivity contribution in [3.63, 3.8) is 0 Å². The summed E-state index contributed by atoms with van der Waals surface area (Å²) in [6, 6.07) is 7.55. The van der Waals surface area contributed by atoms with Crippen molar-refractivity contribution < 1.29 is 4.42 Å². The lowest BCUT2D eigenvalue weighted by atomic mass is 10.1. The van der Waals surface area contributed by atoms with E-state index in [-0.39, 0.29) is 0 Å². The van der Waals surface area contributed by atoms with Crippen LogP contribution in [0.15, 0.2) is 34.9 Å². The molecular weight excluding hydrogens is 269 g/mol. The molecule has 2 aromatic rings. The Morgan fingerprint density at radius 1 is 1.17 bits per heavy atom. The lowest BCUT2D eigenvalue weighted by Gasteiger charge is -2.05. The van der Waals surface area contributed by atoms with E-state index in [1.165, 1.54) is 0 Å². The van der Waals surface area contributed by atoms with E-state index in [0.29, 0.717) is 10.0 Å². The van der Waals surface area contributed by atoms with Gasteiger partial charge < -0.3 is 9.73 Å². The van der Waals surface area contributed by atoms with Crippen LogP contribution in [0.4, 0.5) is 0 Å². The molecule has 0 radical (unpaired) electrons. The van der Waals surface area contributed by atoms with E-state index < -0.39 is 0 Å². The smallest absolute Gasteiger partial charge is 0.125 e. The second kappa shape index (κ2) is 6.28. The molecule has 0 amide bonds. The van der Waals surface area contributed by atoms with Gasteiger partial charge in [0.15, 0.2) is 0 Å². The first-order valence-electron chi connectivity index (χ1n) is 5.95. The Morgan fingerprint density at radius 2 is 2.00 bits per heavy atom. The normalized spacial score (nSPS) is 10.8. The van der Waals surface area contributed by atoms with Crippen molar-refractivity contribution in [1.82, 2.24) is 5.32 Å². The largest absolute Gasteiger partial charge is 0.467 e. The monoisotopic (exact) mass is 283 g/mol. The van der Waals surface area contributed by atoms with Gasteiger partial charge in [-0.05, 0) is 36.7 Å². The van der Waals surface area contributed by atoms with Crippen LogP contribution in [0.3, 0.4) is 0 Å². The Bertz CT molecular complexity index is 522. The number of halogens is 2. The number of hydrogen-bond acceptors (Lipinski definition) is 2. The maximum absolute atomic E-state index is 6.03. The summed E-state index contributed by atoms with van der Waals surface area (Å²) in [6.45, 7) is 3.83. The topological polar surface area (TPSA) is 25.2 Å². The summed E-state index contributed by atoms with van der Waals surface area (Å²) in [5.74, 6) is 0.918. The highest BCUT2D eigenvalue weighted by Gasteiger charge is 2.09. The van der Waals surface area contributed by atoms with E-state index in [2.05, 4.69) is 12.2 Å². The third-order valence-electron chi connectivity index (χ3n) is 2.69. The lowest BCUT2D eigenvalue weighted by Crippen LogP contribution is -2.13. The van der Waals surface area contributed by atoms with Gasteiger partial charge in [0.05, 0.1) is 22.9 Å². The SMILES string of the molecule is CCCNCc1occc1-c1ccc(Cl)c(Cl)c1. The van der Waals surface area contributed by atoms with Crippen LogP contribution >= 0.6 is 23.2 Å². The highest BCUT2D eigenvalue weighted by Crippen LogP contribution is 2.30. The molecule has 0 saturated heterocycles. The quantitative estimate of drug-likeness (QED) is 0.801. The molecule has 4 heteroatoms. The van der Waals surface area contributed by atoms with Crippen molar-refractivity contribution in [2.24, 2.45) is 0 Å². The molecule has 0 unspecified atom stereocenters. The standard InChI is InChI=1S/C14H15Cl2NO/c1-2-6-17-9-14-11(5-7-18-14)10-3-4-12(15)13(16)8-10/h3-5,7-8,17H,2,6,9H2,1H3. The number of rotatable bonds is 5. The maximum atomic E-state index is 6.03. The lowest BCUT2D eigenvalue weighted by molar-refractivity contribution is 0.484. The number of nitrogens with one attached hydrogen (secondary N) is 1. The van der Waals surface area contributed by atoms with Gasteiger partial charge in [-0.25, -0.2) is 0 Å². The Balaban J connectivity index is 2.22. The zero-order valence-electron chi connectivity index (χ0n) is 10.2. The van der Waals surface area contributed by atoms with Crippen molar-refractivity contribution in [2.75, 3.05) is 6.54 Å². The molecule has 1 aromatic heterocycles. The minimum absolute atomic E-state index is 0.558. The molecule has 0 aliphatic rings. The molecule has 0 saturated carbocycles. The van der Waals surface area contributed by atoms with Crippen molar-refractivity contribution in [2.45, 2.75) is 19.9 Å². The van der Waals surface area contributed by atoms with Crippen LogP contribution in [0.1, 0.15) is 19.1 Å². The van der Waals surface area contributed by atoms with Gasteiger partial charge >= 0.3 is 0 Å². The third kappa shape index (κ3) is 3.08.